The van der Waals surface area contributed by atoms with E-state index in [1.165, 1.54) is 0 Å². The molecule has 3 aromatic rings. The maximum atomic E-state index is 12.5. The molecule has 142 valence electrons. The van der Waals surface area contributed by atoms with E-state index in [2.05, 4.69) is 30.3 Å². The molecule has 0 unspecified atom stereocenters. The first kappa shape index (κ1) is 18.1. The van der Waals surface area contributed by atoms with E-state index in [4.69, 9.17) is 14.2 Å². The fourth-order valence-electron chi connectivity index (χ4n) is 3.86. The number of methoxy groups -OCH3 is 3. The Morgan fingerprint density at radius 1 is 0.786 bits per heavy atom. The van der Waals surface area contributed by atoms with Gasteiger partial charge >= 0.3 is 0 Å². The Morgan fingerprint density at radius 3 is 2.25 bits per heavy atom. The molecule has 0 saturated carbocycles. The fourth-order valence-corrected chi connectivity index (χ4v) is 3.86. The number of rotatable bonds is 4. The molecule has 4 nitrogen and oxygen atoms in total. The van der Waals surface area contributed by atoms with Gasteiger partial charge in [0.25, 0.3) is 0 Å². The second kappa shape index (κ2) is 7.39. The normalized spacial score (nSPS) is 13.5. The van der Waals surface area contributed by atoms with Crippen LogP contribution < -0.4 is 14.2 Å². The van der Waals surface area contributed by atoms with Gasteiger partial charge in [0, 0.05) is 12.0 Å². The van der Waals surface area contributed by atoms with E-state index >= 15 is 0 Å². The standard InChI is InChI=1S/C24H22O4/c1-26-22-14-21-19(23(27-2)24(22)28-3)11-10-18(25)13-20(21)17-9-8-15-6-4-5-7-16(15)12-17/h4-9,12-14H,10-11H2,1-3H3. The zero-order valence-electron chi connectivity index (χ0n) is 16.2. The number of ether oxygens (including phenoxy) is 3. The molecule has 0 N–H and O–H groups in total. The first-order chi connectivity index (χ1) is 13.7. The van der Waals surface area contributed by atoms with Crippen molar-refractivity contribution in [2.24, 2.45) is 0 Å². The number of ketones is 1. The summed E-state index contributed by atoms with van der Waals surface area (Å²) in [6.07, 6.45) is 2.75. The lowest BCUT2D eigenvalue weighted by Gasteiger charge is -2.20. The summed E-state index contributed by atoms with van der Waals surface area (Å²) >= 11 is 0. The van der Waals surface area contributed by atoms with Gasteiger partial charge in [-0.15, -0.1) is 0 Å². The molecule has 0 saturated heterocycles. The van der Waals surface area contributed by atoms with Crippen molar-refractivity contribution < 1.29 is 19.0 Å². The van der Waals surface area contributed by atoms with Gasteiger partial charge in [0.15, 0.2) is 17.3 Å². The topological polar surface area (TPSA) is 44.8 Å². The van der Waals surface area contributed by atoms with Crippen molar-refractivity contribution in [3.8, 4) is 17.2 Å². The Balaban J connectivity index is 1.98. The quantitative estimate of drug-likeness (QED) is 0.657. The van der Waals surface area contributed by atoms with Crippen molar-refractivity contribution in [3.63, 3.8) is 0 Å². The van der Waals surface area contributed by atoms with E-state index < -0.39 is 0 Å². The van der Waals surface area contributed by atoms with Crippen LogP contribution in [-0.4, -0.2) is 27.1 Å². The number of carbonyl (C=O) groups excluding carboxylic acids is 1. The van der Waals surface area contributed by atoms with Gasteiger partial charge in [-0.25, -0.2) is 0 Å². The highest BCUT2D eigenvalue weighted by molar-refractivity contribution is 6.03. The van der Waals surface area contributed by atoms with Gasteiger partial charge in [-0.3, -0.25) is 4.79 Å². The molecule has 3 aromatic carbocycles. The van der Waals surface area contributed by atoms with Gasteiger partial charge in [0.2, 0.25) is 5.75 Å². The first-order valence-electron chi connectivity index (χ1n) is 9.22. The molecule has 0 spiro atoms. The molecular formula is C24H22O4. The number of carbonyl (C=O) groups is 1. The Hall–Kier alpha value is -3.27. The van der Waals surface area contributed by atoms with Gasteiger partial charge in [0.05, 0.1) is 21.3 Å². The Kier molecular flexibility index (Phi) is 4.78. The number of hydrogen-bond donors (Lipinski definition) is 0. The Labute approximate surface area is 164 Å². The van der Waals surface area contributed by atoms with Crippen molar-refractivity contribution in [1.29, 1.82) is 0 Å². The Bertz CT molecular complexity index is 1100. The van der Waals surface area contributed by atoms with Crippen molar-refractivity contribution in [2.75, 3.05) is 21.3 Å². The average molecular weight is 374 g/mol. The van der Waals surface area contributed by atoms with Crippen LogP contribution in [0.2, 0.25) is 0 Å². The first-order valence-corrected chi connectivity index (χ1v) is 9.22. The number of fused-ring (bicyclic) bond motifs is 2. The predicted octanol–water partition coefficient (Wildman–Crippen LogP) is 4.81. The van der Waals surface area contributed by atoms with Crippen molar-refractivity contribution >= 4 is 22.1 Å². The highest BCUT2D eigenvalue weighted by Gasteiger charge is 2.25. The van der Waals surface area contributed by atoms with Crippen LogP contribution in [0, 0.1) is 0 Å². The minimum Gasteiger partial charge on any atom is -0.493 e. The molecule has 1 aliphatic rings. The predicted molar refractivity (Wildman–Crippen MR) is 110 cm³/mol. The van der Waals surface area contributed by atoms with Crippen LogP contribution >= 0.6 is 0 Å². The van der Waals surface area contributed by atoms with Crippen LogP contribution in [0.15, 0.2) is 54.6 Å². The summed E-state index contributed by atoms with van der Waals surface area (Å²) in [4.78, 5) is 12.5. The summed E-state index contributed by atoms with van der Waals surface area (Å²) in [7, 11) is 4.81. The molecule has 0 amide bonds. The molecule has 0 aliphatic heterocycles. The van der Waals surface area contributed by atoms with Crippen LogP contribution in [0.4, 0.5) is 0 Å². The van der Waals surface area contributed by atoms with E-state index in [-0.39, 0.29) is 5.78 Å². The minimum atomic E-state index is 0.0966. The summed E-state index contributed by atoms with van der Waals surface area (Å²) in [5.74, 6) is 1.85. The van der Waals surface area contributed by atoms with Crippen LogP contribution in [0.5, 0.6) is 17.2 Å². The van der Waals surface area contributed by atoms with Gasteiger partial charge < -0.3 is 14.2 Å². The van der Waals surface area contributed by atoms with Gasteiger partial charge in [-0.1, -0.05) is 36.4 Å². The van der Waals surface area contributed by atoms with Crippen molar-refractivity contribution in [2.45, 2.75) is 12.8 Å². The molecule has 28 heavy (non-hydrogen) atoms. The SMILES string of the molecule is COc1cc2c(c(OC)c1OC)CCC(=O)C=C2c1ccc2ccccc2c1. The largest absolute Gasteiger partial charge is 0.493 e. The number of hydrogen-bond acceptors (Lipinski definition) is 4. The van der Waals surface area contributed by atoms with E-state index in [0.717, 1.165) is 33.0 Å². The smallest absolute Gasteiger partial charge is 0.203 e. The van der Waals surface area contributed by atoms with Crippen LogP contribution in [0.1, 0.15) is 23.1 Å². The third kappa shape index (κ3) is 3.01. The average Bonchev–Trinajstić information content (AvgIpc) is 2.90. The molecule has 4 heteroatoms. The van der Waals surface area contributed by atoms with Crippen LogP contribution in [0.3, 0.4) is 0 Å². The molecular weight excluding hydrogens is 352 g/mol. The second-order valence-electron chi connectivity index (χ2n) is 6.76. The third-order valence-electron chi connectivity index (χ3n) is 5.21. The molecule has 0 fully saturated rings. The maximum Gasteiger partial charge on any atom is 0.203 e. The van der Waals surface area contributed by atoms with E-state index in [0.29, 0.717) is 30.1 Å². The fraction of sp³-hybridized carbons (Fsp3) is 0.208. The molecule has 0 bridgehead atoms. The van der Waals surface area contributed by atoms with E-state index in [1.54, 1.807) is 27.4 Å². The number of allylic oxidation sites excluding steroid dienone is 1. The van der Waals surface area contributed by atoms with Gasteiger partial charge in [-0.05, 0) is 52.1 Å². The second-order valence-corrected chi connectivity index (χ2v) is 6.76. The highest BCUT2D eigenvalue weighted by Crippen LogP contribution is 2.46. The molecule has 0 radical (unpaired) electrons. The zero-order chi connectivity index (χ0) is 19.7. The molecule has 1 aliphatic carbocycles. The summed E-state index contributed by atoms with van der Waals surface area (Å²) < 4.78 is 16.8. The highest BCUT2D eigenvalue weighted by atomic mass is 16.5. The molecule has 0 aromatic heterocycles. The lowest BCUT2D eigenvalue weighted by atomic mass is 9.91. The van der Waals surface area contributed by atoms with Gasteiger partial charge in [-0.2, -0.15) is 0 Å². The van der Waals surface area contributed by atoms with E-state index in [9.17, 15) is 4.79 Å². The lowest BCUT2D eigenvalue weighted by molar-refractivity contribution is -0.114. The molecule has 4 rings (SSSR count). The van der Waals surface area contributed by atoms with Crippen LogP contribution in [-0.2, 0) is 11.2 Å². The lowest BCUT2D eigenvalue weighted by Crippen LogP contribution is -2.03. The number of benzene rings is 3. The minimum absolute atomic E-state index is 0.0966. The zero-order valence-corrected chi connectivity index (χ0v) is 16.2. The van der Waals surface area contributed by atoms with Gasteiger partial charge in [0.1, 0.15) is 0 Å². The Morgan fingerprint density at radius 2 is 1.54 bits per heavy atom. The summed E-state index contributed by atoms with van der Waals surface area (Å²) in [5.41, 5.74) is 3.77. The van der Waals surface area contributed by atoms with Crippen molar-refractivity contribution in [3.05, 3.63) is 71.3 Å². The van der Waals surface area contributed by atoms with E-state index in [1.807, 2.05) is 18.2 Å². The molecule has 0 heterocycles. The van der Waals surface area contributed by atoms with Crippen molar-refractivity contribution in [1.82, 2.24) is 0 Å². The summed E-state index contributed by atoms with van der Waals surface area (Å²) in [5, 5.41) is 2.29. The van der Waals surface area contributed by atoms with Crippen LogP contribution in [0.25, 0.3) is 16.3 Å². The third-order valence-corrected chi connectivity index (χ3v) is 5.21. The molecule has 0 atom stereocenters. The monoisotopic (exact) mass is 374 g/mol. The summed E-state index contributed by atoms with van der Waals surface area (Å²) in [6.45, 7) is 0. The summed E-state index contributed by atoms with van der Waals surface area (Å²) in [6, 6.07) is 16.4. The maximum absolute atomic E-state index is 12.5.